The van der Waals surface area contributed by atoms with E-state index >= 15 is 0 Å². The maximum atomic E-state index is 12.6. The van der Waals surface area contributed by atoms with Crippen molar-refractivity contribution in [1.29, 1.82) is 0 Å². The summed E-state index contributed by atoms with van der Waals surface area (Å²) in [5.41, 5.74) is 0. The summed E-state index contributed by atoms with van der Waals surface area (Å²) in [6, 6.07) is 10.2. The fourth-order valence-corrected chi connectivity index (χ4v) is 3.56. The van der Waals surface area contributed by atoms with Crippen LogP contribution in [-0.2, 0) is 9.53 Å². The Morgan fingerprint density at radius 1 is 1.08 bits per heavy atom. The van der Waals surface area contributed by atoms with Gasteiger partial charge in [-0.05, 0) is 19.1 Å². The standard InChI is InChI=1S/C20H31N3O3/c1-18(22-12-14-25-15-13-22)17-20(24)23-9-7-21(8-10-23)11-16-26-19-5-3-2-4-6-19/h2-6,18H,7-17H2,1H3. The van der Waals surface area contributed by atoms with E-state index in [1.807, 2.05) is 35.2 Å². The summed E-state index contributed by atoms with van der Waals surface area (Å²) in [4.78, 5) is 19.3. The number of hydrogen-bond donors (Lipinski definition) is 0. The fourth-order valence-electron chi connectivity index (χ4n) is 3.56. The second-order valence-corrected chi connectivity index (χ2v) is 7.09. The zero-order valence-corrected chi connectivity index (χ0v) is 15.8. The predicted molar refractivity (Wildman–Crippen MR) is 101 cm³/mol. The lowest BCUT2D eigenvalue weighted by atomic mass is 10.1. The molecule has 0 aliphatic carbocycles. The van der Waals surface area contributed by atoms with Gasteiger partial charge in [0, 0.05) is 58.3 Å². The highest BCUT2D eigenvalue weighted by Gasteiger charge is 2.25. The van der Waals surface area contributed by atoms with E-state index in [1.165, 1.54) is 0 Å². The van der Waals surface area contributed by atoms with Crippen LogP contribution < -0.4 is 4.74 Å². The van der Waals surface area contributed by atoms with Crippen molar-refractivity contribution in [3.8, 4) is 5.75 Å². The highest BCUT2D eigenvalue weighted by molar-refractivity contribution is 5.76. The Bertz CT molecular complexity index is 540. The van der Waals surface area contributed by atoms with Crippen LogP contribution in [0.5, 0.6) is 5.75 Å². The van der Waals surface area contributed by atoms with Crippen LogP contribution in [0.25, 0.3) is 0 Å². The Hall–Kier alpha value is -1.63. The van der Waals surface area contributed by atoms with E-state index in [4.69, 9.17) is 9.47 Å². The Morgan fingerprint density at radius 3 is 2.46 bits per heavy atom. The fraction of sp³-hybridized carbons (Fsp3) is 0.650. The molecule has 0 radical (unpaired) electrons. The second-order valence-electron chi connectivity index (χ2n) is 7.09. The van der Waals surface area contributed by atoms with E-state index in [-0.39, 0.29) is 5.91 Å². The van der Waals surface area contributed by atoms with Crippen LogP contribution in [0.1, 0.15) is 13.3 Å². The molecule has 2 aliphatic rings. The third-order valence-electron chi connectivity index (χ3n) is 5.28. The lowest BCUT2D eigenvalue weighted by Gasteiger charge is -2.37. The topological polar surface area (TPSA) is 45.2 Å². The molecule has 26 heavy (non-hydrogen) atoms. The summed E-state index contributed by atoms with van der Waals surface area (Å²) in [5, 5.41) is 0. The van der Waals surface area contributed by atoms with Crippen molar-refractivity contribution in [2.45, 2.75) is 19.4 Å². The number of morpholine rings is 1. The molecule has 0 N–H and O–H groups in total. The summed E-state index contributed by atoms with van der Waals surface area (Å²) in [7, 11) is 0. The SMILES string of the molecule is CC(CC(=O)N1CCN(CCOc2ccccc2)CC1)N1CCOCC1. The van der Waals surface area contributed by atoms with E-state index in [2.05, 4.69) is 16.7 Å². The van der Waals surface area contributed by atoms with Crippen LogP contribution in [0.2, 0.25) is 0 Å². The molecule has 2 aliphatic heterocycles. The summed E-state index contributed by atoms with van der Waals surface area (Å²) < 4.78 is 11.2. The van der Waals surface area contributed by atoms with Gasteiger partial charge in [-0.25, -0.2) is 0 Å². The van der Waals surface area contributed by atoms with Crippen LogP contribution in [0.4, 0.5) is 0 Å². The molecule has 1 aromatic carbocycles. The molecular formula is C20H31N3O3. The van der Waals surface area contributed by atoms with Crippen molar-refractivity contribution in [2.75, 3.05) is 65.6 Å². The number of rotatable bonds is 7. The maximum Gasteiger partial charge on any atom is 0.224 e. The molecule has 1 atom stereocenters. The zero-order chi connectivity index (χ0) is 18.2. The molecule has 6 nitrogen and oxygen atoms in total. The molecule has 2 fully saturated rings. The van der Waals surface area contributed by atoms with E-state index in [0.717, 1.165) is 64.8 Å². The molecule has 3 rings (SSSR count). The van der Waals surface area contributed by atoms with E-state index in [0.29, 0.717) is 19.1 Å². The van der Waals surface area contributed by atoms with Crippen molar-refractivity contribution < 1.29 is 14.3 Å². The number of carbonyl (C=O) groups excluding carboxylic acids is 1. The van der Waals surface area contributed by atoms with Gasteiger partial charge in [-0.3, -0.25) is 14.6 Å². The average molecular weight is 361 g/mol. The molecule has 1 amide bonds. The van der Waals surface area contributed by atoms with Crippen LogP contribution >= 0.6 is 0 Å². The average Bonchev–Trinajstić information content (AvgIpc) is 2.70. The molecule has 6 heteroatoms. The predicted octanol–water partition coefficient (Wildman–Crippen LogP) is 1.32. The maximum absolute atomic E-state index is 12.6. The minimum Gasteiger partial charge on any atom is -0.492 e. The number of ether oxygens (including phenoxy) is 2. The molecule has 1 unspecified atom stereocenters. The van der Waals surface area contributed by atoms with Crippen molar-refractivity contribution in [3.05, 3.63) is 30.3 Å². The molecule has 0 bridgehead atoms. The number of para-hydroxylation sites is 1. The van der Waals surface area contributed by atoms with Gasteiger partial charge in [-0.2, -0.15) is 0 Å². The van der Waals surface area contributed by atoms with Gasteiger partial charge in [0.25, 0.3) is 0 Å². The van der Waals surface area contributed by atoms with Crippen molar-refractivity contribution >= 4 is 5.91 Å². The molecule has 1 aromatic rings. The molecular weight excluding hydrogens is 330 g/mol. The van der Waals surface area contributed by atoms with Gasteiger partial charge in [0.2, 0.25) is 5.91 Å². The van der Waals surface area contributed by atoms with Gasteiger partial charge >= 0.3 is 0 Å². The lowest BCUT2D eigenvalue weighted by molar-refractivity contribution is -0.134. The Balaban J connectivity index is 1.33. The Kier molecular flexibility index (Phi) is 7.29. The summed E-state index contributed by atoms with van der Waals surface area (Å²) >= 11 is 0. The summed E-state index contributed by atoms with van der Waals surface area (Å²) in [6.45, 7) is 10.7. The summed E-state index contributed by atoms with van der Waals surface area (Å²) in [5.74, 6) is 1.20. The first-order valence-corrected chi connectivity index (χ1v) is 9.72. The minimum absolute atomic E-state index is 0.282. The van der Waals surface area contributed by atoms with Crippen molar-refractivity contribution in [3.63, 3.8) is 0 Å². The van der Waals surface area contributed by atoms with Crippen LogP contribution in [-0.4, -0.2) is 92.3 Å². The van der Waals surface area contributed by atoms with Gasteiger partial charge in [0.1, 0.15) is 12.4 Å². The van der Waals surface area contributed by atoms with Crippen molar-refractivity contribution in [1.82, 2.24) is 14.7 Å². The molecule has 0 aromatic heterocycles. The van der Waals surface area contributed by atoms with E-state index in [9.17, 15) is 4.79 Å². The van der Waals surface area contributed by atoms with Gasteiger partial charge in [0.15, 0.2) is 0 Å². The monoisotopic (exact) mass is 361 g/mol. The van der Waals surface area contributed by atoms with Gasteiger partial charge in [-0.15, -0.1) is 0 Å². The van der Waals surface area contributed by atoms with Gasteiger partial charge in [0.05, 0.1) is 13.2 Å². The summed E-state index contributed by atoms with van der Waals surface area (Å²) in [6.07, 6.45) is 0.608. The smallest absolute Gasteiger partial charge is 0.224 e. The Labute approximate surface area is 156 Å². The quantitative estimate of drug-likeness (QED) is 0.733. The molecule has 0 saturated carbocycles. The van der Waals surface area contributed by atoms with Crippen LogP contribution in [0.15, 0.2) is 30.3 Å². The van der Waals surface area contributed by atoms with Crippen molar-refractivity contribution in [2.24, 2.45) is 0 Å². The molecule has 0 spiro atoms. The minimum atomic E-state index is 0.282. The zero-order valence-electron chi connectivity index (χ0n) is 15.8. The third-order valence-corrected chi connectivity index (χ3v) is 5.28. The number of hydrogen-bond acceptors (Lipinski definition) is 5. The highest BCUT2D eigenvalue weighted by atomic mass is 16.5. The van der Waals surface area contributed by atoms with E-state index in [1.54, 1.807) is 0 Å². The Morgan fingerprint density at radius 2 is 1.77 bits per heavy atom. The molecule has 2 saturated heterocycles. The number of nitrogens with zero attached hydrogens (tertiary/aromatic N) is 3. The first kappa shape index (κ1) is 19.1. The number of amides is 1. The van der Waals surface area contributed by atoms with Crippen LogP contribution in [0.3, 0.4) is 0 Å². The van der Waals surface area contributed by atoms with Gasteiger partial charge < -0.3 is 14.4 Å². The lowest BCUT2D eigenvalue weighted by Crippen LogP contribution is -2.51. The van der Waals surface area contributed by atoms with E-state index < -0.39 is 0 Å². The second kappa shape index (κ2) is 9.90. The highest BCUT2D eigenvalue weighted by Crippen LogP contribution is 2.12. The molecule has 2 heterocycles. The largest absolute Gasteiger partial charge is 0.492 e. The normalized spacial score (nSPS) is 20.7. The van der Waals surface area contributed by atoms with Gasteiger partial charge in [-0.1, -0.05) is 18.2 Å². The number of benzene rings is 1. The molecule has 144 valence electrons. The van der Waals surface area contributed by atoms with Crippen LogP contribution in [0, 0.1) is 0 Å². The number of carbonyl (C=O) groups is 1. The number of piperazine rings is 1. The third kappa shape index (κ3) is 5.69. The first-order chi connectivity index (χ1) is 12.7. The first-order valence-electron chi connectivity index (χ1n) is 9.72.